The van der Waals surface area contributed by atoms with E-state index in [1.54, 1.807) is 30.3 Å². The van der Waals surface area contributed by atoms with E-state index in [2.05, 4.69) is 0 Å². The number of carbonyl (C=O) groups excluding carboxylic acids is 1. The molecule has 6 heteroatoms. The largest absolute Gasteiger partial charge is 0.298 e. The minimum absolute atomic E-state index is 0.0741. The van der Waals surface area contributed by atoms with Crippen molar-refractivity contribution in [2.75, 3.05) is 0 Å². The van der Waals surface area contributed by atoms with E-state index < -0.39 is 10.1 Å². The van der Waals surface area contributed by atoms with Crippen molar-refractivity contribution in [1.29, 1.82) is 0 Å². The summed E-state index contributed by atoms with van der Waals surface area (Å²) in [7, 11) is -2.09. The van der Waals surface area contributed by atoms with Crippen molar-refractivity contribution >= 4 is 16.4 Å². The number of nitrogens with zero attached hydrogens (tertiary/aromatic N) is 1. The van der Waals surface area contributed by atoms with Crippen molar-refractivity contribution in [1.82, 2.24) is 0 Å². The highest BCUT2D eigenvalue weighted by Gasteiger charge is 2.05. The van der Waals surface area contributed by atoms with E-state index >= 15 is 0 Å². The lowest BCUT2D eigenvalue weighted by Gasteiger charge is -1.92. The first-order valence-corrected chi connectivity index (χ1v) is 6.80. The summed E-state index contributed by atoms with van der Waals surface area (Å²) in [5.41, 5.74) is 0.716. The molecule has 0 saturated carbocycles. The smallest absolute Gasteiger partial charge is 0.294 e. The zero-order valence-corrected chi connectivity index (χ0v) is 11.1. The van der Waals surface area contributed by atoms with Crippen LogP contribution in [0, 0.1) is 0 Å². The average Bonchev–Trinajstić information content (AvgIpc) is 2.40. The maximum Gasteiger partial charge on any atom is 0.294 e. The van der Waals surface area contributed by atoms with E-state index in [-0.39, 0.29) is 4.90 Å². The van der Waals surface area contributed by atoms with Gasteiger partial charge in [-0.1, -0.05) is 18.2 Å². The van der Waals surface area contributed by atoms with Crippen LogP contribution in [0.1, 0.15) is 10.4 Å². The Bertz CT molecular complexity index is 621. The van der Waals surface area contributed by atoms with Crippen molar-refractivity contribution in [3.63, 3.8) is 0 Å². The van der Waals surface area contributed by atoms with Gasteiger partial charge >= 0.3 is 0 Å². The first kappa shape index (κ1) is 15.0. The SMILES string of the molecule is C[n+]1ccc(C=O)cc1.O=S(=O)(O)c1ccccc1. The Balaban J connectivity index is 0.000000191. The zero-order chi connectivity index (χ0) is 14.3. The van der Waals surface area contributed by atoms with Crippen LogP contribution in [0.4, 0.5) is 0 Å². The predicted octanol–water partition coefficient (Wildman–Crippen LogP) is 1.26. The van der Waals surface area contributed by atoms with Crippen LogP contribution < -0.4 is 4.57 Å². The number of carbonyl (C=O) groups is 1. The molecule has 0 aliphatic heterocycles. The second-order valence-electron chi connectivity index (χ2n) is 3.70. The third-order valence-electron chi connectivity index (χ3n) is 2.18. The molecule has 2 rings (SSSR count). The Morgan fingerprint density at radius 2 is 1.58 bits per heavy atom. The quantitative estimate of drug-likeness (QED) is 0.510. The highest BCUT2D eigenvalue weighted by atomic mass is 32.2. The third-order valence-corrected chi connectivity index (χ3v) is 3.05. The van der Waals surface area contributed by atoms with Gasteiger partial charge in [-0.2, -0.15) is 8.42 Å². The maximum absolute atomic E-state index is 10.4. The molecule has 0 fully saturated rings. The Labute approximate surface area is 111 Å². The Hall–Kier alpha value is -2.05. The van der Waals surface area contributed by atoms with Crippen molar-refractivity contribution in [3.8, 4) is 0 Å². The Morgan fingerprint density at radius 1 is 1.05 bits per heavy atom. The van der Waals surface area contributed by atoms with E-state index in [1.807, 2.05) is 24.0 Å². The fourth-order valence-electron chi connectivity index (χ4n) is 1.18. The molecule has 0 amide bonds. The maximum atomic E-state index is 10.4. The molecule has 0 saturated heterocycles. The average molecular weight is 280 g/mol. The molecule has 1 aromatic heterocycles. The van der Waals surface area contributed by atoms with Crippen LogP contribution in [0.5, 0.6) is 0 Å². The highest BCUT2D eigenvalue weighted by molar-refractivity contribution is 7.85. The molecular formula is C13H14NO4S+. The number of benzene rings is 1. The Morgan fingerprint density at radius 3 is 1.95 bits per heavy atom. The summed E-state index contributed by atoms with van der Waals surface area (Å²) in [6, 6.07) is 11.0. The van der Waals surface area contributed by atoms with Crippen molar-refractivity contribution in [3.05, 3.63) is 60.4 Å². The van der Waals surface area contributed by atoms with Crippen LogP contribution in [0.3, 0.4) is 0 Å². The lowest BCUT2D eigenvalue weighted by Crippen LogP contribution is -2.25. The molecule has 0 aliphatic rings. The molecule has 0 radical (unpaired) electrons. The normalized spacial score (nSPS) is 10.2. The molecule has 0 spiro atoms. The van der Waals surface area contributed by atoms with Gasteiger partial charge < -0.3 is 0 Å². The van der Waals surface area contributed by atoms with E-state index in [0.29, 0.717) is 5.56 Å². The standard InChI is InChI=1S/C7H8NO.C6H6O3S/c1-8-4-2-7(6-9)3-5-8;7-10(8,9)6-4-2-1-3-5-6/h2-6H,1H3;1-5H,(H,7,8,9)/q+1;. The molecule has 1 N–H and O–H groups in total. The van der Waals surface area contributed by atoms with E-state index in [4.69, 9.17) is 4.55 Å². The molecule has 0 aliphatic carbocycles. The summed E-state index contributed by atoms with van der Waals surface area (Å²) < 4.78 is 31.1. The minimum atomic E-state index is -4.00. The monoisotopic (exact) mass is 280 g/mol. The highest BCUT2D eigenvalue weighted by Crippen LogP contribution is 2.05. The molecule has 19 heavy (non-hydrogen) atoms. The van der Waals surface area contributed by atoms with E-state index in [0.717, 1.165) is 6.29 Å². The molecule has 1 heterocycles. The molecule has 2 aromatic rings. The first-order valence-electron chi connectivity index (χ1n) is 5.36. The summed E-state index contributed by atoms with van der Waals surface area (Å²) >= 11 is 0. The molecule has 0 bridgehead atoms. The number of rotatable bonds is 2. The second kappa shape index (κ2) is 6.77. The van der Waals surface area contributed by atoms with Gasteiger partial charge in [0.1, 0.15) is 7.05 Å². The van der Waals surface area contributed by atoms with Gasteiger partial charge in [-0.3, -0.25) is 9.35 Å². The number of aryl methyl sites for hydroxylation is 1. The summed E-state index contributed by atoms with van der Waals surface area (Å²) in [6.45, 7) is 0. The van der Waals surface area contributed by atoms with Gasteiger partial charge in [0.05, 0.1) is 4.90 Å². The summed E-state index contributed by atoms with van der Waals surface area (Å²) in [6.07, 6.45) is 4.51. The molecule has 0 unspecified atom stereocenters. The fourth-order valence-corrected chi connectivity index (χ4v) is 1.68. The third kappa shape index (κ3) is 5.41. The van der Waals surface area contributed by atoms with Crippen molar-refractivity contribution in [2.24, 2.45) is 7.05 Å². The fraction of sp³-hybridized carbons (Fsp3) is 0.0769. The lowest BCUT2D eigenvalue weighted by atomic mass is 10.3. The van der Waals surface area contributed by atoms with Gasteiger partial charge in [0.2, 0.25) is 0 Å². The van der Waals surface area contributed by atoms with Gasteiger partial charge in [0.15, 0.2) is 18.7 Å². The van der Waals surface area contributed by atoms with Crippen molar-refractivity contribution in [2.45, 2.75) is 4.90 Å². The van der Waals surface area contributed by atoms with Crippen molar-refractivity contribution < 1.29 is 22.3 Å². The van der Waals surface area contributed by atoms with Crippen LogP contribution in [-0.2, 0) is 17.2 Å². The van der Waals surface area contributed by atoms with Crippen LogP contribution in [0.15, 0.2) is 59.8 Å². The summed E-state index contributed by atoms with van der Waals surface area (Å²) in [5, 5.41) is 0. The summed E-state index contributed by atoms with van der Waals surface area (Å²) in [5.74, 6) is 0. The topological polar surface area (TPSA) is 75.3 Å². The number of pyridine rings is 1. The van der Waals surface area contributed by atoms with Gasteiger partial charge in [0.25, 0.3) is 10.1 Å². The van der Waals surface area contributed by atoms with Gasteiger partial charge in [-0.15, -0.1) is 0 Å². The zero-order valence-electron chi connectivity index (χ0n) is 10.3. The summed E-state index contributed by atoms with van der Waals surface area (Å²) in [4.78, 5) is 10.0. The second-order valence-corrected chi connectivity index (χ2v) is 5.12. The molecular weight excluding hydrogens is 266 g/mol. The lowest BCUT2D eigenvalue weighted by molar-refractivity contribution is -0.671. The number of hydrogen-bond donors (Lipinski definition) is 1. The van der Waals surface area contributed by atoms with Crippen LogP contribution in [-0.4, -0.2) is 19.3 Å². The first-order chi connectivity index (χ1) is 8.93. The minimum Gasteiger partial charge on any atom is -0.298 e. The van der Waals surface area contributed by atoms with Crippen LogP contribution >= 0.6 is 0 Å². The predicted molar refractivity (Wildman–Crippen MR) is 69.3 cm³/mol. The molecule has 1 aromatic carbocycles. The van der Waals surface area contributed by atoms with Gasteiger partial charge in [-0.05, 0) is 12.1 Å². The van der Waals surface area contributed by atoms with Gasteiger partial charge in [-0.25, -0.2) is 4.57 Å². The molecule has 0 atom stereocenters. The number of aromatic nitrogens is 1. The van der Waals surface area contributed by atoms with Crippen LogP contribution in [0.25, 0.3) is 0 Å². The number of hydrogen-bond acceptors (Lipinski definition) is 3. The van der Waals surface area contributed by atoms with Crippen LogP contribution in [0.2, 0.25) is 0 Å². The molecule has 5 nitrogen and oxygen atoms in total. The Kier molecular flexibility index (Phi) is 5.35. The number of aldehydes is 1. The van der Waals surface area contributed by atoms with Gasteiger partial charge in [0, 0.05) is 17.7 Å². The van der Waals surface area contributed by atoms with E-state index in [1.165, 1.54) is 12.1 Å². The van der Waals surface area contributed by atoms with E-state index in [9.17, 15) is 13.2 Å². The molecule has 100 valence electrons.